The molecule has 2 heterocycles. The Bertz CT molecular complexity index is 412. The minimum absolute atomic E-state index is 0.141. The van der Waals surface area contributed by atoms with E-state index < -0.39 is 17.4 Å². The third kappa shape index (κ3) is 3.29. The Morgan fingerprint density at radius 2 is 2.05 bits per heavy atom. The Hall–Kier alpha value is -1.34. The third-order valence-corrected chi connectivity index (χ3v) is 4.36. The summed E-state index contributed by atoms with van der Waals surface area (Å²) in [5.74, 6) is -0.958. The van der Waals surface area contributed by atoms with Crippen molar-refractivity contribution >= 4 is 12.0 Å². The number of urea groups is 1. The highest BCUT2D eigenvalue weighted by Gasteiger charge is 2.45. The van der Waals surface area contributed by atoms with Gasteiger partial charge >= 0.3 is 12.0 Å². The fourth-order valence-corrected chi connectivity index (χ4v) is 3.25. The Morgan fingerprint density at radius 1 is 1.33 bits per heavy atom. The lowest BCUT2D eigenvalue weighted by Gasteiger charge is -2.46. The molecule has 0 aromatic heterocycles. The predicted molar refractivity (Wildman–Crippen MR) is 74.9 cm³/mol. The van der Waals surface area contributed by atoms with Crippen molar-refractivity contribution in [1.82, 2.24) is 9.80 Å². The molecule has 0 bridgehead atoms. The number of amides is 2. The number of carbonyl (C=O) groups is 2. The number of morpholine rings is 1. The maximum atomic E-state index is 12.7. The van der Waals surface area contributed by atoms with Gasteiger partial charge in [-0.2, -0.15) is 0 Å². The van der Waals surface area contributed by atoms with E-state index in [0.717, 1.165) is 12.8 Å². The van der Waals surface area contributed by atoms with Gasteiger partial charge in [0.25, 0.3) is 0 Å². The molecule has 7 nitrogen and oxygen atoms in total. The van der Waals surface area contributed by atoms with Crippen molar-refractivity contribution in [3.05, 3.63) is 0 Å². The van der Waals surface area contributed by atoms with Gasteiger partial charge in [-0.15, -0.1) is 0 Å². The number of aliphatic hydroxyl groups excluding tert-OH is 1. The number of aliphatic carboxylic acids is 1. The monoisotopic (exact) mass is 300 g/mol. The fraction of sp³-hybridized carbons (Fsp3) is 0.857. The molecule has 120 valence electrons. The first-order valence-corrected chi connectivity index (χ1v) is 7.37. The lowest BCUT2D eigenvalue weighted by molar-refractivity contribution is -0.149. The second-order valence-electron chi connectivity index (χ2n) is 6.43. The van der Waals surface area contributed by atoms with E-state index in [0.29, 0.717) is 26.2 Å². The molecule has 2 saturated heterocycles. The first-order valence-electron chi connectivity index (χ1n) is 7.37. The van der Waals surface area contributed by atoms with Gasteiger partial charge in [-0.3, -0.25) is 0 Å². The van der Waals surface area contributed by atoms with Crippen LogP contribution in [0.1, 0.15) is 26.7 Å². The summed E-state index contributed by atoms with van der Waals surface area (Å²) in [4.78, 5) is 27.3. The first-order chi connectivity index (χ1) is 9.86. The Morgan fingerprint density at radius 3 is 2.67 bits per heavy atom. The smallest absolute Gasteiger partial charge is 0.327 e. The van der Waals surface area contributed by atoms with Crippen LogP contribution >= 0.6 is 0 Å². The van der Waals surface area contributed by atoms with Crippen molar-refractivity contribution in [2.75, 3.05) is 32.8 Å². The van der Waals surface area contributed by atoms with Crippen LogP contribution in [0.25, 0.3) is 0 Å². The number of aliphatic hydroxyl groups is 1. The molecule has 2 rings (SSSR count). The van der Waals surface area contributed by atoms with Crippen LogP contribution in [0.2, 0.25) is 0 Å². The zero-order valence-electron chi connectivity index (χ0n) is 12.6. The Kier molecular flexibility index (Phi) is 4.73. The van der Waals surface area contributed by atoms with Gasteiger partial charge in [0.15, 0.2) is 0 Å². The number of carbonyl (C=O) groups excluding carboxylic acids is 1. The van der Waals surface area contributed by atoms with Gasteiger partial charge in [0.2, 0.25) is 0 Å². The lowest BCUT2D eigenvalue weighted by Crippen LogP contribution is -2.61. The van der Waals surface area contributed by atoms with Crippen molar-refractivity contribution in [2.24, 2.45) is 5.41 Å². The molecule has 2 aliphatic rings. The van der Waals surface area contributed by atoms with Gasteiger partial charge in [0, 0.05) is 13.1 Å². The summed E-state index contributed by atoms with van der Waals surface area (Å²) in [6, 6.07) is -1.08. The molecular weight excluding hydrogens is 276 g/mol. The van der Waals surface area contributed by atoms with Crippen LogP contribution < -0.4 is 0 Å². The minimum Gasteiger partial charge on any atom is -0.480 e. The van der Waals surface area contributed by atoms with Crippen LogP contribution in [0.4, 0.5) is 4.79 Å². The Balaban J connectivity index is 2.14. The number of carboxylic acid groups (broad SMARTS) is 1. The number of likely N-dealkylation sites (tertiary alicyclic amines) is 1. The number of rotatable bonds is 2. The van der Waals surface area contributed by atoms with Crippen molar-refractivity contribution in [3.63, 3.8) is 0 Å². The second-order valence-corrected chi connectivity index (χ2v) is 6.43. The summed E-state index contributed by atoms with van der Waals surface area (Å²) in [5, 5.41) is 18.7. The maximum Gasteiger partial charge on any atom is 0.327 e. The molecule has 2 amide bonds. The first kappa shape index (κ1) is 16.0. The summed E-state index contributed by atoms with van der Waals surface area (Å²) in [7, 11) is 0. The van der Waals surface area contributed by atoms with E-state index in [1.807, 2.05) is 13.8 Å². The summed E-state index contributed by atoms with van der Waals surface area (Å²) in [6.45, 7) is 5.20. The van der Waals surface area contributed by atoms with Crippen molar-refractivity contribution in [3.8, 4) is 0 Å². The molecular formula is C14H24N2O5. The molecule has 0 aliphatic carbocycles. The van der Waals surface area contributed by atoms with Crippen LogP contribution in [0.3, 0.4) is 0 Å². The van der Waals surface area contributed by atoms with E-state index in [2.05, 4.69) is 0 Å². The summed E-state index contributed by atoms with van der Waals surface area (Å²) in [6.07, 6.45) is 1.20. The molecule has 2 atom stereocenters. The summed E-state index contributed by atoms with van der Waals surface area (Å²) < 4.78 is 5.33. The molecule has 0 aromatic carbocycles. The molecule has 0 radical (unpaired) electrons. The normalized spacial score (nSPS) is 29.3. The van der Waals surface area contributed by atoms with E-state index in [-0.39, 0.29) is 18.7 Å². The van der Waals surface area contributed by atoms with Crippen molar-refractivity contribution in [2.45, 2.75) is 38.8 Å². The molecule has 0 aromatic rings. The average Bonchev–Trinajstić information content (AvgIpc) is 2.44. The van der Waals surface area contributed by atoms with Gasteiger partial charge < -0.3 is 24.7 Å². The number of carboxylic acids is 1. The number of piperidine rings is 1. The van der Waals surface area contributed by atoms with E-state index in [4.69, 9.17) is 9.84 Å². The van der Waals surface area contributed by atoms with Crippen LogP contribution in [-0.4, -0.2) is 77.0 Å². The molecule has 0 saturated carbocycles. The van der Waals surface area contributed by atoms with Gasteiger partial charge in [-0.1, -0.05) is 13.8 Å². The highest BCUT2D eigenvalue weighted by atomic mass is 16.5. The van der Waals surface area contributed by atoms with Gasteiger partial charge in [-0.25, -0.2) is 9.59 Å². The van der Waals surface area contributed by atoms with Crippen LogP contribution in [0.5, 0.6) is 0 Å². The van der Waals surface area contributed by atoms with E-state index in [9.17, 15) is 14.7 Å². The minimum atomic E-state index is -0.958. The van der Waals surface area contributed by atoms with Gasteiger partial charge in [0.1, 0.15) is 6.04 Å². The average molecular weight is 300 g/mol. The maximum absolute atomic E-state index is 12.7. The van der Waals surface area contributed by atoms with E-state index >= 15 is 0 Å². The highest BCUT2D eigenvalue weighted by Crippen LogP contribution is 2.36. The zero-order valence-corrected chi connectivity index (χ0v) is 12.6. The molecule has 2 aliphatic heterocycles. The van der Waals surface area contributed by atoms with Crippen LogP contribution in [0.15, 0.2) is 0 Å². The lowest BCUT2D eigenvalue weighted by atomic mass is 9.76. The molecule has 2 unspecified atom stereocenters. The highest BCUT2D eigenvalue weighted by molar-refractivity contribution is 5.83. The van der Waals surface area contributed by atoms with E-state index in [1.165, 1.54) is 4.90 Å². The van der Waals surface area contributed by atoms with Gasteiger partial charge in [0.05, 0.1) is 25.9 Å². The summed E-state index contributed by atoms with van der Waals surface area (Å²) >= 11 is 0. The molecule has 7 heteroatoms. The van der Waals surface area contributed by atoms with Gasteiger partial charge in [-0.05, 0) is 18.3 Å². The fourth-order valence-electron chi connectivity index (χ4n) is 3.25. The molecule has 0 spiro atoms. The van der Waals surface area contributed by atoms with Crippen LogP contribution in [-0.2, 0) is 9.53 Å². The number of ether oxygens (including phenoxy) is 1. The number of hydrogen-bond acceptors (Lipinski definition) is 4. The standard InChI is InChI=1S/C14H24N2O5/c1-14(2)4-3-5-16(11(14)12(18)19)13(20)15-6-7-21-10(8-15)9-17/h10-11,17H,3-9H2,1-2H3,(H,18,19). The number of hydrogen-bond donors (Lipinski definition) is 2. The SMILES string of the molecule is CC1(C)CCCN(C(=O)N2CCOC(CO)C2)C1C(=O)O. The third-order valence-electron chi connectivity index (χ3n) is 4.36. The Labute approximate surface area is 124 Å². The zero-order chi connectivity index (χ0) is 15.6. The number of nitrogens with zero attached hydrogens (tertiary/aromatic N) is 2. The summed E-state index contributed by atoms with van der Waals surface area (Å²) in [5.41, 5.74) is -0.442. The van der Waals surface area contributed by atoms with E-state index in [1.54, 1.807) is 4.90 Å². The predicted octanol–water partition coefficient (Wildman–Crippen LogP) is 0.375. The molecule has 21 heavy (non-hydrogen) atoms. The largest absolute Gasteiger partial charge is 0.480 e. The van der Waals surface area contributed by atoms with Crippen molar-refractivity contribution < 1.29 is 24.5 Å². The molecule has 2 N–H and O–H groups in total. The second kappa shape index (κ2) is 6.19. The topological polar surface area (TPSA) is 90.3 Å². The van der Waals surface area contributed by atoms with Crippen LogP contribution in [0, 0.1) is 5.41 Å². The van der Waals surface area contributed by atoms with Crippen molar-refractivity contribution in [1.29, 1.82) is 0 Å². The molecule has 2 fully saturated rings. The quantitative estimate of drug-likeness (QED) is 0.769.